The van der Waals surface area contributed by atoms with Crippen molar-refractivity contribution >= 4 is 5.82 Å². The number of benzene rings is 1. The van der Waals surface area contributed by atoms with Crippen LogP contribution in [0.5, 0.6) is 0 Å². The quantitative estimate of drug-likeness (QED) is 0.820. The van der Waals surface area contributed by atoms with E-state index in [2.05, 4.69) is 54.9 Å². The van der Waals surface area contributed by atoms with E-state index < -0.39 is 0 Å². The molecule has 0 saturated heterocycles. The Hall–Kier alpha value is -2.35. The van der Waals surface area contributed by atoms with E-state index in [0.29, 0.717) is 11.5 Å². The maximum atomic E-state index is 9.37. The van der Waals surface area contributed by atoms with Crippen LogP contribution in [0.1, 0.15) is 43.5 Å². The van der Waals surface area contributed by atoms with E-state index in [4.69, 9.17) is 0 Å². The second-order valence-electron chi connectivity index (χ2n) is 5.53. The van der Waals surface area contributed by atoms with E-state index >= 15 is 0 Å². The molecule has 1 heterocycles. The fourth-order valence-corrected chi connectivity index (χ4v) is 2.41. The van der Waals surface area contributed by atoms with Crippen molar-refractivity contribution in [2.75, 3.05) is 18.0 Å². The van der Waals surface area contributed by atoms with Crippen molar-refractivity contribution in [3.63, 3.8) is 0 Å². The van der Waals surface area contributed by atoms with E-state index in [1.54, 1.807) is 4.80 Å². The van der Waals surface area contributed by atoms with E-state index in [0.717, 1.165) is 31.6 Å². The highest BCUT2D eigenvalue weighted by molar-refractivity contribution is 5.50. The Kier molecular flexibility index (Phi) is 5.16. The van der Waals surface area contributed by atoms with Crippen LogP contribution in [0.25, 0.3) is 5.69 Å². The lowest BCUT2D eigenvalue weighted by Gasteiger charge is -2.20. The van der Waals surface area contributed by atoms with Gasteiger partial charge in [0.25, 0.3) is 0 Å². The third kappa shape index (κ3) is 3.28. The van der Waals surface area contributed by atoms with E-state index in [1.165, 1.54) is 11.1 Å². The highest BCUT2D eigenvalue weighted by Crippen LogP contribution is 2.19. The Morgan fingerprint density at radius 3 is 2.32 bits per heavy atom. The van der Waals surface area contributed by atoms with Gasteiger partial charge >= 0.3 is 0 Å². The van der Waals surface area contributed by atoms with Gasteiger partial charge in [-0.1, -0.05) is 19.9 Å². The molecule has 2 aromatic rings. The number of aryl methyl sites for hydroxylation is 2. The summed E-state index contributed by atoms with van der Waals surface area (Å²) >= 11 is 0. The van der Waals surface area contributed by atoms with E-state index in [9.17, 15) is 5.26 Å². The first-order chi connectivity index (χ1) is 10.6. The van der Waals surface area contributed by atoms with Gasteiger partial charge in [0.15, 0.2) is 5.82 Å². The molecule has 116 valence electrons. The summed E-state index contributed by atoms with van der Waals surface area (Å²) in [6.45, 7) is 10.2. The van der Waals surface area contributed by atoms with Crippen LogP contribution in [0, 0.1) is 25.2 Å². The van der Waals surface area contributed by atoms with Gasteiger partial charge in [-0.05, 0) is 49.9 Å². The normalized spacial score (nSPS) is 10.5. The predicted molar refractivity (Wildman–Crippen MR) is 88.3 cm³/mol. The van der Waals surface area contributed by atoms with Gasteiger partial charge in [0, 0.05) is 13.1 Å². The molecular weight excluding hydrogens is 274 g/mol. The molecule has 0 aliphatic carbocycles. The lowest BCUT2D eigenvalue weighted by molar-refractivity contribution is 0.708. The summed E-state index contributed by atoms with van der Waals surface area (Å²) in [6.07, 6.45) is 2.03. The van der Waals surface area contributed by atoms with Crippen LogP contribution in [0.4, 0.5) is 5.82 Å². The zero-order valence-corrected chi connectivity index (χ0v) is 13.8. The van der Waals surface area contributed by atoms with Gasteiger partial charge in [0.05, 0.1) is 5.69 Å². The van der Waals surface area contributed by atoms with E-state index in [1.807, 2.05) is 12.1 Å². The maximum Gasteiger partial charge on any atom is 0.207 e. The number of hydrogen-bond acceptors (Lipinski definition) is 4. The summed E-state index contributed by atoms with van der Waals surface area (Å²) in [6, 6.07) is 8.25. The summed E-state index contributed by atoms with van der Waals surface area (Å²) in [5.41, 5.74) is 3.70. The van der Waals surface area contributed by atoms with Crippen molar-refractivity contribution in [1.82, 2.24) is 15.0 Å². The molecule has 5 heteroatoms. The summed E-state index contributed by atoms with van der Waals surface area (Å²) in [5, 5.41) is 18.3. The molecule has 0 spiro atoms. The minimum absolute atomic E-state index is 0.389. The molecule has 22 heavy (non-hydrogen) atoms. The van der Waals surface area contributed by atoms with Gasteiger partial charge in [-0.15, -0.1) is 15.0 Å². The zero-order valence-electron chi connectivity index (χ0n) is 13.8. The van der Waals surface area contributed by atoms with Gasteiger partial charge in [0.1, 0.15) is 6.07 Å². The molecule has 0 aliphatic heterocycles. The number of rotatable bonds is 6. The first kappa shape index (κ1) is 16.0. The first-order valence-corrected chi connectivity index (χ1v) is 7.80. The number of aromatic nitrogens is 3. The van der Waals surface area contributed by atoms with Crippen LogP contribution >= 0.6 is 0 Å². The maximum absolute atomic E-state index is 9.37. The van der Waals surface area contributed by atoms with Crippen LogP contribution in [0.15, 0.2) is 18.2 Å². The molecular formula is C17H23N5. The van der Waals surface area contributed by atoms with Crippen molar-refractivity contribution in [3.8, 4) is 11.8 Å². The van der Waals surface area contributed by atoms with Crippen molar-refractivity contribution in [3.05, 3.63) is 35.0 Å². The second-order valence-corrected chi connectivity index (χ2v) is 5.53. The summed E-state index contributed by atoms with van der Waals surface area (Å²) in [4.78, 5) is 3.71. The second kappa shape index (κ2) is 7.08. The average Bonchev–Trinajstić information content (AvgIpc) is 2.94. The van der Waals surface area contributed by atoms with Crippen LogP contribution in [0.3, 0.4) is 0 Å². The number of anilines is 1. The smallest absolute Gasteiger partial charge is 0.207 e. The summed E-state index contributed by atoms with van der Waals surface area (Å²) in [5.74, 6) is 0.685. The SMILES string of the molecule is CCCN(CCC)c1nn(-c2ccc(C)c(C)c2)nc1C#N. The van der Waals surface area contributed by atoms with Gasteiger partial charge < -0.3 is 4.90 Å². The molecule has 0 amide bonds. The van der Waals surface area contributed by atoms with Crippen molar-refractivity contribution in [2.45, 2.75) is 40.5 Å². The molecule has 5 nitrogen and oxygen atoms in total. The van der Waals surface area contributed by atoms with Crippen LogP contribution in [-0.2, 0) is 0 Å². The predicted octanol–water partition coefficient (Wildman–Crippen LogP) is 3.38. The Labute approximate surface area is 132 Å². The molecule has 0 saturated carbocycles. The molecule has 2 rings (SSSR count). The van der Waals surface area contributed by atoms with Gasteiger partial charge in [-0.25, -0.2) is 0 Å². The molecule has 0 radical (unpaired) electrons. The first-order valence-electron chi connectivity index (χ1n) is 7.80. The Morgan fingerprint density at radius 2 is 1.77 bits per heavy atom. The van der Waals surface area contributed by atoms with Gasteiger partial charge in [-0.3, -0.25) is 0 Å². The Balaban J connectivity index is 2.43. The molecule has 0 unspecified atom stereocenters. The average molecular weight is 297 g/mol. The fourth-order valence-electron chi connectivity index (χ4n) is 2.41. The van der Waals surface area contributed by atoms with Crippen LogP contribution in [0.2, 0.25) is 0 Å². The molecule has 0 bridgehead atoms. The Morgan fingerprint density at radius 1 is 1.09 bits per heavy atom. The topological polar surface area (TPSA) is 57.7 Å². The molecule has 0 N–H and O–H groups in total. The van der Waals surface area contributed by atoms with Crippen molar-refractivity contribution < 1.29 is 0 Å². The summed E-state index contributed by atoms with van der Waals surface area (Å²) in [7, 11) is 0. The molecule has 0 atom stereocenters. The monoisotopic (exact) mass is 297 g/mol. The molecule has 0 fully saturated rings. The minimum Gasteiger partial charge on any atom is -0.353 e. The highest BCUT2D eigenvalue weighted by atomic mass is 15.5. The van der Waals surface area contributed by atoms with Gasteiger partial charge in [-0.2, -0.15) is 5.26 Å². The van der Waals surface area contributed by atoms with Crippen molar-refractivity contribution in [2.24, 2.45) is 0 Å². The number of nitriles is 1. The zero-order chi connectivity index (χ0) is 16.1. The minimum atomic E-state index is 0.389. The third-order valence-corrected chi connectivity index (χ3v) is 3.71. The molecule has 1 aromatic carbocycles. The van der Waals surface area contributed by atoms with Crippen molar-refractivity contribution in [1.29, 1.82) is 5.26 Å². The van der Waals surface area contributed by atoms with Crippen LogP contribution in [-0.4, -0.2) is 28.1 Å². The standard InChI is InChI=1S/C17H23N5/c1-5-9-21(10-6-2)17-16(12-18)19-22(20-17)15-8-7-13(3)14(4)11-15/h7-8,11H,5-6,9-10H2,1-4H3. The Bertz CT molecular complexity index is 675. The third-order valence-electron chi connectivity index (χ3n) is 3.71. The lowest BCUT2D eigenvalue weighted by Crippen LogP contribution is -2.26. The fraction of sp³-hybridized carbons (Fsp3) is 0.471. The molecule has 0 aliphatic rings. The largest absolute Gasteiger partial charge is 0.353 e. The highest BCUT2D eigenvalue weighted by Gasteiger charge is 2.17. The van der Waals surface area contributed by atoms with Gasteiger partial charge in [0.2, 0.25) is 5.69 Å². The van der Waals surface area contributed by atoms with Crippen LogP contribution < -0.4 is 4.90 Å². The number of hydrogen-bond donors (Lipinski definition) is 0. The number of nitrogens with zero attached hydrogens (tertiary/aromatic N) is 5. The molecule has 1 aromatic heterocycles. The lowest BCUT2D eigenvalue weighted by atomic mass is 10.1. The van der Waals surface area contributed by atoms with E-state index in [-0.39, 0.29) is 0 Å². The summed E-state index contributed by atoms with van der Waals surface area (Å²) < 4.78 is 0.